The van der Waals surface area contributed by atoms with Gasteiger partial charge in [0.1, 0.15) is 0 Å². The molecule has 0 fully saturated rings. The summed E-state index contributed by atoms with van der Waals surface area (Å²) in [4.78, 5) is 16.3. The van der Waals surface area contributed by atoms with Crippen LogP contribution in [-0.2, 0) is 7.05 Å². The van der Waals surface area contributed by atoms with E-state index in [1.807, 2.05) is 36.7 Å². The molecule has 0 amide bonds. The summed E-state index contributed by atoms with van der Waals surface area (Å²) in [5.74, 6) is 0. The van der Waals surface area contributed by atoms with E-state index in [0.717, 1.165) is 22.2 Å². The minimum absolute atomic E-state index is 0.0276. The van der Waals surface area contributed by atoms with Crippen LogP contribution >= 0.6 is 11.9 Å². The van der Waals surface area contributed by atoms with Gasteiger partial charge in [-0.25, -0.2) is 0 Å². The molecule has 0 aliphatic carbocycles. The molecule has 2 heterocycles. The lowest BCUT2D eigenvalue weighted by atomic mass is 10.0. The topological polar surface area (TPSA) is 46.9 Å². The van der Waals surface area contributed by atoms with Gasteiger partial charge >= 0.3 is 0 Å². The molecule has 21 heavy (non-hydrogen) atoms. The number of nitrogens with zero attached hydrogens (tertiary/aromatic N) is 2. The highest BCUT2D eigenvalue weighted by atomic mass is 32.2. The van der Waals surface area contributed by atoms with Crippen LogP contribution in [0.5, 0.6) is 0 Å². The van der Waals surface area contributed by atoms with Crippen molar-refractivity contribution >= 4 is 28.4 Å². The first-order valence-electron chi connectivity index (χ1n) is 6.53. The Bertz CT molecular complexity index is 858. The number of pyridine rings is 2. The minimum atomic E-state index is -0.0276. The summed E-state index contributed by atoms with van der Waals surface area (Å²) < 4.78 is 4.83. The lowest BCUT2D eigenvalue weighted by Crippen LogP contribution is -2.16. The lowest BCUT2D eigenvalue weighted by molar-refractivity contribution is 0.874. The average molecular weight is 297 g/mol. The predicted molar refractivity (Wildman–Crippen MR) is 89.6 cm³/mol. The van der Waals surface area contributed by atoms with Crippen LogP contribution in [0.15, 0.2) is 53.7 Å². The Morgan fingerprint density at radius 2 is 2.10 bits per heavy atom. The summed E-state index contributed by atoms with van der Waals surface area (Å²) in [5.41, 5.74) is 3.11. The fourth-order valence-corrected chi connectivity index (χ4v) is 2.77. The number of hydrogen-bond donors (Lipinski definition) is 1. The average Bonchev–Trinajstić information content (AvgIpc) is 2.51. The van der Waals surface area contributed by atoms with Gasteiger partial charge in [-0.2, -0.15) is 0 Å². The largest absolute Gasteiger partial charge is 0.330 e. The Morgan fingerprint density at radius 1 is 1.24 bits per heavy atom. The Hall–Kier alpha value is -2.27. The van der Waals surface area contributed by atoms with Crippen LogP contribution in [0.3, 0.4) is 0 Å². The Balaban J connectivity index is 2.28. The van der Waals surface area contributed by atoms with Gasteiger partial charge in [0.05, 0.1) is 5.39 Å². The van der Waals surface area contributed by atoms with Gasteiger partial charge in [-0.05, 0) is 29.1 Å². The summed E-state index contributed by atoms with van der Waals surface area (Å²) in [6.45, 7) is 0. The van der Waals surface area contributed by atoms with Crippen LogP contribution in [0.1, 0.15) is 0 Å². The summed E-state index contributed by atoms with van der Waals surface area (Å²) in [7, 11) is 1.77. The number of aryl methyl sites for hydroxylation is 1. The molecule has 106 valence electrons. The van der Waals surface area contributed by atoms with E-state index >= 15 is 0 Å². The molecule has 2 aromatic heterocycles. The molecule has 0 bridgehead atoms. The number of nitrogens with one attached hydrogen (secondary N) is 1. The van der Waals surface area contributed by atoms with Crippen LogP contribution in [0.2, 0.25) is 0 Å². The van der Waals surface area contributed by atoms with Crippen LogP contribution < -0.4 is 10.3 Å². The summed E-state index contributed by atoms with van der Waals surface area (Å²) >= 11 is 1.55. The first kappa shape index (κ1) is 13.7. The number of rotatable bonds is 3. The van der Waals surface area contributed by atoms with Crippen molar-refractivity contribution in [3.63, 3.8) is 0 Å². The third-order valence-electron chi connectivity index (χ3n) is 3.38. The third-order valence-corrected chi connectivity index (χ3v) is 3.82. The van der Waals surface area contributed by atoms with Crippen molar-refractivity contribution in [3.8, 4) is 11.1 Å². The fraction of sp³-hybridized carbons (Fsp3) is 0.125. The summed E-state index contributed by atoms with van der Waals surface area (Å²) in [6.07, 6.45) is 7.21. The zero-order valence-corrected chi connectivity index (χ0v) is 12.6. The molecule has 4 nitrogen and oxygen atoms in total. The molecule has 3 aromatic rings. The van der Waals surface area contributed by atoms with E-state index in [2.05, 4.69) is 15.8 Å². The molecule has 0 unspecified atom stereocenters. The number of anilines is 1. The van der Waals surface area contributed by atoms with Gasteiger partial charge in [-0.15, -0.1) is 0 Å². The predicted octanol–water partition coefficient (Wildman–Crippen LogP) is 3.29. The highest BCUT2D eigenvalue weighted by Crippen LogP contribution is 2.28. The normalized spacial score (nSPS) is 10.8. The van der Waals surface area contributed by atoms with Crippen molar-refractivity contribution in [3.05, 3.63) is 59.3 Å². The fourth-order valence-electron chi connectivity index (χ4n) is 2.41. The van der Waals surface area contributed by atoms with Crippen molar-refractivity contribution in [2.45, 2.75) is 0 Å². The van der Waals surface area contributed by atoms with Gasteiger partial charge in [0.2, 0.25) is 0 Å². The Kier molecular flexibility index (Phi) is 3.66. The maximum atomic E-state index is 12.2. The maximum absolute atomic E-state index is 12.2. The van der Waals surface area contributed by atoms with Crippen molar-refractivity contribution in [1.82, 2.24) is 9.55 Å². The molecule has 0 radical (unpaired) electrons. The van der Waals surface area contributed by atoms with Gasteiger partial charge in [-0.3, -0.25) is 9.78 Å². The Morgan fingerprint density at radius 3 is 2.90 bits per heavy atom. The molecule has 0 atom stereocenters. The molecule has 0 aliphatic rings. The zero-order valence-electron chi connectivity index (χ0n) is 11.8. The smallest absolute Gasteiger partial charge is 0.259 e. The van der Waals surface area contributed by atoms with Gasteiger partial charge in [0.15, 0.2) is 0 Å². The first-order valence-corrected chi connectivity index (χ1v) is 7.76. The Labute approximate surface area is 127 Å². The van der Waals surface area contributed by atoms with Crippen molar-refractivity contribution in [1.29, 1.82) is 0 Å². The van der Waals surface area contributed by atoms with Gasteiger partial charge in [-0.1, -0.05) is 24.1 Å². The second-order valence-electron chi connectivity index (χ2n) is 4.77. The van der Waals surface area contributed by atoms with E-state index in [4.69, 9.17) is 0 Å². The molecule has 0 aliphatic heterocycles. The number of benzene rings is 1. The first-order chi connectivity index (χ1) is 10.2. The van der Waals surface area contributed by atoms with E-state index in [1.165, 1.54) is 0 Å². The second-order valence-corrected chi connectivity index (χ2v) is 5.38. The SMILES string of the molecule is CSNc1cccc(-c2cn(C)c(=O)c3cnccc23)c1. The van der Waals surface area contributed by atoms with E-state index in [-0.39, 0.29) is 5.56 Å². The van der Waals surface area contributed by atoms with Crippen molar-refractivity contribution in [2.24, 2.45) is 7.05 Å². The molecule has 0 spiro atoms. The van der Waals surface area contributed by atoms with Gasteiger partial charge < -0.3 is 9.29 Å². The molecular weight excluding hydrogens is 282 g/mol. The van der Waals surface area contributed by atoms with Crippen molar-refractivity contribution < 1.29 is 0 Å². The highest BCUT2D eigenvalue weighted by molar-refractivity contribution is 7.99. The van der Waals surface area contributed by atoms with E-state index in [1.54, 1.807) is 36.0 Å². The van der Waals surface area contributed by atoms with Crippen LogP contribution in [0.4, 0.5) is 5.69 Å². The van der Waals surface area contributed by atoms with Gasteiger partial charge in [0, 0.05) is 43.1 Å². The molecule has 0 saturated heterocycles. The monoisotopic (exact) mass is 297 g/mol. The van der Waals surface area contributed by atoms with Crippen LogP contribution in [-0.4, -0.2) is 15.8 Å². The second kappa shape index (κ2) is 5.61. The molecule has 5 heteroatoms. The van der Waals surface area contributed by atoms with Crippen LogP contribution in [0, 0.1) is 0 Å². The number of fused-ring (bicyclic) bond motifs is 1. The van der Waals surface area contributed by atoms with E-state index < -0.39 is 0 Å². The van der Waals surface area contributed by atoms with E-state index in [0.29, 0.717) is 5.39 Å². The quantitative estimate of drug-likeness (QED) is 0.754. The number of hydrogen-bond acceptors (Lipinski definition) is 4. The summed E-state index contributed by atoms with van der Waals surface area (Å²) in [5, 5.41) is 1.56. The van der Waals surface area contributed by atoms with Crippen LogP contribution in [0.25, 0.3) is 21.9 Å². The zero-order chi connectivity index (χ0) is 14.8. The summed E-state index contributed by atoms with van der Waals surface area (Å²) in [6, 6.07) is 10.0. The van der Waals surface area contributed by atoms with E-state index in [9.17, 15) is 4.79 Å². The minimum Gasteiger partial charge on any atom is -0.330 e. The highest BCUT2D eigenvalue weighted by Gasteiger charge is 2.09. The molecule has 1 N–H and O–H groups in total. The third kappa shape index (κ3) is 2.52. The molecule has 3 rings (SSSR count). The van der Waals surface area contributed by atoms with Gasteiger partial charge in [0.25, 0.3) is 5.56 Å². The molecule has 0 saturated carbocycles. The lowest BCUT2D eigenvalue weighted by Gasteiger charge is -2.11. The molecule has 1 aromatic carbocycles. The van der Waals surface area contributed by atoms with Crippen molar-refractivity contribution in [2.75, 3.05) is 11.0 Å². The standard InChI is InChI=1S/C16H15N3OS/c1-19-10-15(11-4-3-5-12(8-11)18-21-2)13-6-7-17-9-14(13)16(19)20/h3-10,18H,1-2H3. The molecular formula is C16H15N3OS. The maximum Gasteiger partial charge on any atom is 0.259 e. The number of aromatic nitrogens is 2.